The maximum Gasteiger partial charge on any atom is 0.161 e. The zero-order chi connectivity index (χ0) is 11.8. The Bertz CT molecular complexity index is 341. The summed E-state index contributed by atoms with van der Waals surface area (Å²) in [5, 5.41) is 9.53. The van der Waals surface area contributed by atoms with Crippen molar-refractivity contribution in [1.82, 2.24) is 0 Å². The van der Waals surface area contributed by atoms with E-state index >= 15 is 0 Å². The highest BCUT2D eigenvalue weighted by atomic mass is 16.3. The van der Waals surface area contributed by atoms with Crippen molar-refractivity contribution in [2.75, 3.05) is 0 Å². The van der Waals surface area contributed by atoms with Crippen LogP contribution in [-0.4, -0.2) is 17.0 Å². The highest BCUT2D eigenvalue weighted by Crippen LogP contribution is 2.06. The highest BCUT2D eigenvalue weighted by Gasteiger charge is 2.12. The summed E-state index contributed by atoms with van der Waals surface area (Å²) in [6.45, 7) is 1.88. The van der Waals surface area contributed by atoms with Crippen LogP contribution in [0.4, 0.5) is 0 Å². The van der Waals surface area contributed by atoms with Gasteiger partial charge in [-0.3, -0.25) is 4.79 Å². The van der Waals surface area contributed by atoms with Crippen molar-refractivity contribution in [3.05, 3.63) is 48.0 Å². The number of aliphatic hydroxyl groups is 1. The van der Waals surface area contributed by atoms with Gasteiger partial charge in [0.1, 0.15) is 6.10 Å². The van der Waals surface area contributed by atoms with Gasteiger partial charge in [0.15, 0.2) is 5.78 Å². The molecule has 0 aromatic heterocycles. The molecule has 1 N–H and O–H groups in total. The molecule has 0 fully saturated rings. The number of rotatable bonds is 6. The summed E-state index contributed by atoms with van der Waals surface area (Å²) in [6.07, 6.45) is 4.33. The first-order chi connectivity index (χ1) is 7.74. The zero-order valence-electron chi connectivity index (χ0n) is 9.60. The van der Waals surface area contributed by atoms with Gasteiger partial charge < -0.3 is 5.11 Å². The minimum absolute atomic E-state index is 0.0815. The number of Topliss-reactive ketones (excluding diaryl/α,β-unsaturated/α-hetero) is 1. The summed E-state index contributed by atoms with van der Waals surface area (Å²) >= 11 is 0. The van der Waals surface area contributed by atoms with E-state index in [-0.39, 0.29) is 5.78 Å². The molecule has 0 amide bonds. The number of carbonyl (C=O) groups excluding carboxylic acids is 1. The molecule has 2 nitrogen and oxygen atoms in total. The number of carbonyl (C=O) groups is 1. The monoisotopic (exact) mass is 218 g/mol. The Labute approximate surface area is 96.6 Å². The lowest BCUT2D eigenvalue weighted by atomic mass is 10.0. The second-order valence-electron chi connectivity index (χ2n) is 3.77. The molecule has 0 saturated carbocycles. The first-order valence-corrected chi connectivity index (χ1v) is 5.60. The maximum absolute atomic E-state index is 11.5. The molecule has 0 saturated heterocycles. The highest BCUT2D eigenvalue weighted by molar-refractivity contribution is 5.83. The molecule has 16 heavy (non-hydrogen) atoms. The number of hydrogen-bond donors (Lipinski definition) is 1. The summed E-state index contributed by atoms with van der Waals surface area (Å²) < 4.78 is 0. The van der Waals surface area contributed by atoms with E-state index in [2.05, 4.69) is 0 Å². The molecule has 1 atom stereocenters. The number of allylic oxidation sites excluding steroid dienone is 1. The Morgan fingerprint density at radius 1 is 1.38 bits per heavy atom. The van der Waals surface area contributed by atoms with Gasteiger partial charge in [-0.15, -0.1) is 0 Å². The molecule has 1 aromatic rings. The van der Waals surface area contributed by atoms with Gasteiger partial charge in [-0.1, -0.05) is 42.5 Å². The second-order valence-corrected chi connectivity index (χ2v) is 3.77. The molecule has 0 bridgehead atoms. The molecule has 0 aliphatic carbocycles. The fourth-order valence-corrected chi connectivity index (χ4v) is 1.48. The van der Waals surface area contributed by atoms with Crippen LogP contribution in [-0.2, 0) is 11.2 Å². The Hall–Kier alpha value is -1.41. The van der Waals surface area contributed by atoms with Gasteiger partial charge in [0.2, 0.25) is 0 Å². The van der Waals surface area contributed by atoms with Gasteiger partial charge in [0.05, 0.1) is 0 Å². The predicted molar refractivity (Wildman–Crippen MR) is 65.2 cm³/mol. The Kier molecular flexibility index (Phi) is 5.51. The van der Waals surface area contributed by atoms with Crippen LogP contribution in [0.1, 0.15) is 25.3 Å². The molecule has 1 rings (SSSR count). The van der Waals surface area contributed by atoms with Crippen molar-refractivity contribution >= 4 is 5.78 Å². The lowest BCUT2D eigenvalue weighted by Crippen LogP contribution is -2.19. The van der Waals surface area contributed by atoms with Crippen LogP contribution < -0.4 is 0 Å². The van der Waals surface area contributed by atoms with E-state index in [1.807, 2.05) is 49.4 Å². The minimum atomic E-state index is -0.847. The topological polar surface area (TPSA) is 37.3 Å². The summed E-state index contributed by atoms with van der Waals surface area (Å²) in [7, 11) is 0. The van der Waals surface area contributed by atoms with Crippen molar-refractivity contribution in [2.24, 2.45) is 0 Å². The van der Waals surface area contributed by atoms with Gasteiger partial charge >= 0.3 is 0 Å². The molecule has 0 aliphatic rings. The van der Waals surface area contributed by atoms with E-state index in [9.17, 15) is 9.90 Å². The molecular weight excluding hydrogens is 200 g/mol. The smallest absolute Gasteiger partial charge is 0.161 e. The average molecular weight is 218 g/mol. The molecule has 1 unspecified atom stereocenters. The molecule has 0 spiro atoms. The Morgan fingerprint density at radius 3 is 2.69 bits per heavy atom. The van der Waals surface area contributed by atoms with Crippen molar-refractivity contribution in [1.29, 1.82) is 0 Å². The van der Waals surface area contributed by atoms with E-state index in [4.69, 9.17) is 0 Å². The summed E-state index contributed by atoms with van der Waals surface area (Å²) in [5.74, 6) is -0.0815. The number of aliphatic hydroxyl groups excluding tert-OH is 1. The number of hydrogen-bond acceptors (Lipinski definition) is 2. The third kappa shape index (κ3) is 4.41. The lowest BCUT2D eigenvalue weighted by molar-refractivity contribution is -0.126. The van der Waals surface area contributed by atoms with Crippen LogP contribution in [0.15, 0.2) is 42.5 Å². The largest absolute Gasteiger partial charge is 0.385 e. The lowest BCUT2D eigenvalue weighted by Gasteiger charge is -2.06. The van der Waals surface area contributed by atoms with Gasteiger partial charge in [0, 0.05) is 6.42 Å². The number of benzene rings is 1. The fraction of sp³-hybridized carbons (Fsp3) is 0.357. The molecule has 86 valence electrons. The standard InChI is InChI=1S/C14H18O2/c1-2-3-9-13(15)14(16)11-10-12-7-5-4-6-8-12/h2-8,13,15H,9-11H2,1H3. The second kappa shape index (κ2) is 6.96. The fourth-order valence-electron chi connectivity index (χ4n) is 1.48. The third-order valence-electron chi connectivity index (χ3n) is 2.47. The number of ketones is 1. The van der Waals surface area contributed by atoms with E-state index in [0.29, 0.717) is 19.3 Å². The predicted octanol–water partition coefficient (Wildman–Crippen LogP) is 2.52. The van der Waals surface area contributed by atoms with Gasteiger partial charge in [-0.25, -0.2) is 0 Å². The average Bonchev–Trinajstić information content (AvgIpc) is 2.34. The third-order valence-corrected chi connectivity index (χ3v) is 2.47. The number of aryl methyl sites for hydroxylation is 1. The molecular formula is C14H18O2. The zero-order valence-corrected chi connectivity index (χ0v) is 9.60. The SMILES string of the molecule is CC=CCC(O)C(=O)CCc1ccccc1. The maximum atomic E-state index is 11.5. The van der Waals surface area contributed by atoms with Crippen LogP contribution in [0.2, 0.25) is 0 Å². The van der Waals surface area contributed by atoms with Crippen molar-refractivity contribution in [3.8, 4) is 0 Å². The quantitative estimate of drug-likeness (QED) is 0.745. The van der Waals surface area contributed by atoms with Crippen LogP contribution >= 0.6 is 0 Å². The van der Waals surface area contributed by atoms with Crippen LogP contribution in [0.25, 0.3) is 0 Å². The molecule has 0 aliphatic heterocycles. The van der Waals surface area contributed by atoms with E-state index in [1.54, 1.807) is 0 Å². The van der Waals surface area contributed by atoms with Crippen molar-refractivity contribution in [2.45, 2.75) is 32.3 Å². The first kappa shape index (κ1) is 12.7. The molecule has 2 heteroatoms. The van der Waals surface area contributed by atoms with Gasteiger partial charge in [-0.2, -0.15) is 0 Å². The molecule has 0 heterocycles. The van der Waals surface area contributed by atoms with Crippen molar-refractivity contribution in [3.63, 3.8) is 0 Å². The minimum Gasteiger partial charge on any atom is -0.385 e. The molecule has 0 radical (unpaired) electrons. The summed E-state index contributed by atoms with van der Waals surface area (Å²) in [5.41, 5.74) is 1.13. The first-order valence-electron chi connectivity index (χ1n) is 5.60. The van der Waals surface area contributed by atoms with E-state index < -0.39 is 6.10 Å². The normalized spacial score (nSPS) is 12.9. The summed E-state index contributed by atoms with van der Waals surface area (Å²) in [4.78, 5) is 11.5. The Balaban J connectivity index is 2.35. The van der Waals surface area contributed by atoms with Crippen molar-refractivity contribution < 1.29 is 9.90 Å². The van der Waals surface area contributed by atoms with Crippen LogP contribution in [0.3, 0.4) is 0 Å². The van der Waals surface area contributed by atoms with Gasteiger partial charge in [-0.05, 0) is 25.3 Å². The summed E-state index contributed by atoms with van der Waals surface area (Å²) in [6, 6.07) is 9.84. The Morgan fingerprint density at radius 2 is 2.06 bits per heavy atom. The van der Waals surface area contributed by atoms with Gasteiger partial charge in [0.25, 0.3) is 0 Å². The molecule has 1 aromatic carbocycles. The van der Waals surface area contributed by atoms with E-state index in [0.717, 1.165) is 5.56 Å². The van der Waals surface area contributed by atoms with E-state index in [1.165, 1.54) is 0 Å². The van der Waals surface area contributed by atoms with Crippen LogP contribution in [0.5, 0.6) is 0 Å². The van der Waals surface area contributed by atoms with Crippen LogP contribution in [0, 0.1) is 0 Å².